The fraction of sp³-hybridized carbons (Fsp3) is 0.857. The molecule has 3 rings (SSSR count). The van der Waals surface area contributed by atoms with Gasteiger partial charge in [0.1, 0.15) is 12.8 Å². The average molecular weight is 505 g/mol. The third kappa shape index (κ3) is 7.19. The van der Waals surface area contributed by atoms with Gasteiger partial charge in [0, 0.05) is 19.1 Å². The van der Waals surface area contributed by atoms with Crippen LogP contribution >= 0.6 is 0 Å². The Kier molecular flexibility index (Phi) is 8.99. The van der Waals surface area contributed by atoms with Gasteiger partial charge in [-0.25, -0.2) is 18.0 Å². The van der Waals surface area contributed by atoms with Crippen LogP contribution in [0.1, 0.15) is 40.0 Å². The smallest absolute Gasteiger partial charge is 0.427 e. The lowest BCUT2D eigenvalue weighted by Crippen LogP contribution is -2.52. The molecule has 194 valence electrons. The second-order valence-electron chi connectivity index (χ2n) is 9.41. The molecule has 0 aromatic heterocycles. The third-order valence-corrected chi connectivity index (χ3v) is 8.35. The van der Waals surface area contributed by atoms with Crippen molar-refractivity contribution in [1.29, 1.82) is 0 Å². The molecule has 12 nitrogen and oxygen atoms in total. The maximum atomic E-state index is 13.1. The molecule has 2 saturated heterocycles. The minimum Gasteiger partial charge on any atom is -0.447 e. The normalized spacial score (nSPS) is 23.2. The Morgan fingerprint density at radius 3 is 2.50 bits per heavy atom. The van der Waals surface area contributed by atoms with E-state index < -0.39 is 45.8 Å². The quantitative estimate of drug-likeness (QED) is 0.411. The first-order chi connectivity index (χ1) is 16.1. The molecule has 0 bridgehead atoms. The van der Waals surface area contributed by atoms with E-state index in [9.17, 15) is 22.8 Å². The van der Waals surface area contributed by atoms with Crippen molar-refractivity contribution >= 4 is 27.9 Å². The Morgan fingerprint density at radius 2 is 1.91 bits per heavy atom. The summed E-state index contributed by atoms with van der Waals surface area (Å²) in [4.78, 5) is 43.9. The van der Waals surface area contributed by atoms with Crippen LogP contribution in [0.4, 0.5) is 9.59 Å². The molecular formula is C21H36N4O8S. The Hall–Kier alpha value is -2.12. The number of nitrogens with zero attached hydrogens (tertiary/aromatic N) is 2. The minimum atomic E-state index is -3.90. The predicted octanol–water partition coefficient (Wildman–Crippen LogP) is 0.482. The van der Waals surface area contributed by atoms with Crippen LogP contribution < -0.4 is 10.6 Å². The van der Waals surface area contributed by atoms with E-state index in [0.29, 0.717) is 38.6 Å². The van der Waals surface area contributed by atoms with Crippen LogP contribution in [-0.2, 0) is 28.9 Å². The Balaban J connectivity index is 1.65. The van der Waals surface area contributed by atoms with Crippen LogP contribution in [0.15, 0.2) is 0 Å². The summed E-state index contributed by atoms with van der Waals surface area (Å²) in [5.74, 6) is -0.845. The van der Waals surface area contributed by atoms with Gasteiger partial charge >= 0.3 is 12.2 Å². The highest BCUT2D eigenvalue weighted by Crippen LogP contribution is 2.36. The van der Waals surface area contributed by atoms with Crippen molar-refractivity contribution in [2.24, 2.45) is 11.8 Å². The van der Waals surface area contributed by atoms with Crippen LogP contribution in [0.2, 0.25) is 0 Å². The van der Waals surface area contributed by atoms with E-state index in [2.05, 4.69) is 10.6 Å². The van der Waals surface area contributed by atoms with Crippen LogP contribution in [0, 0.1) is 11.8 Å². The SMILES string of the molecule is CCC(CN1OC(=O)NC1C1CC1)NC(=O)C(COC(=O)N1CCOCC1)S(=O)(=O)CC(C)C. The van der Waals surface area contributed by atoms with Crippen LogP contribution in [0.3, 0.4) is 0 Å². The number of ether oxygens (including phenoxy) is 2. The number of sulfone groups is 1. The number of nitrogens with one attached hydrogen (secondary N) is 2. The topological polar surface area (TPSA) is 144 Å². The van der Waals surface area contributed by atoms with Crippen molar-refractivity contribution in [1.82, 2.24) is 20.6 Å². The molecule has 3 amide bonds. The van der Waals surface area contributed by atoms with Crippen LogP contribution in [0.5, 0.6) is 0 Å². The third-order valence-electron chi connectivity index (χ3n) is 6.00. The van der Waals surface area contributed by atoms with Gasteiger partial charge in [-0.1, -0.05) is 20.8 Å². The van der Waals surface area contributed by atoms with E-state index >= 15 is 0 Å². The zero-order valence-electron chi connectivity index (χ0n) is 20.0. The van der Waals surface area contributed by atoms with E-state index in [1.165, 1.54) is 9.96 Å². The molecule has 13 heteroatoms. The molecule has 2 heterocycles. The van der Waals surface area contributed by atoms with E-state index in [0.717, 1.165) is 12.8 Å². The van der Waals surface area contributed by atoms with Gasteiger partial charge < -0.3 is 29.8 Å². The van der Waals surface area contributed by atoms with E-state index in [-0.39, 0.29) is 24.4 Å². The zero-order chi connectivity index (χ0) is 24.9. The molecule has 3 unspecified atom stereocenters. The number of rotatable bonds is 11. The molecule has 3 fully saturated rings. The van der Waals surface area contributed by atoms with Gasteiger partial charge in [0.2, 0.25) is 5.91 Å². The number of hydroxylamine groups is 2. The molecule has 2 aliphatic heterocycles. The maximum absolute atomic E-state index is 13.1. The molecule has 0 radical (unpaired) electrons. The lowest BCUT2D eigenvalue weighted by molar-refractivity contribution is -0.125. The Labute approximate surface area is 200 Å². The number of carbonyl (C=O) groups is 3. The molecule has 0 spiro atoms. The highest BCUT2D eigenvalue weighted by molar-refractivity contribution is 7.92. The molecule has 2 N–H and O–H groups in total. The number of morpholine rings is 1. The molecule has 3 atom stereocenters. The summed E-state index contributed by atoms with van der Waals surface area (Å²) < 4.78 is 36.5. The van der Waals surface area contributed by atoms with Crippen molar-refractivity contribution in [2.45, 2.75) is 57.5 Å². The summed E-state index contributed by atoms with van der Waals surface area (Å²) in [6.07, 6.45) is 0.992. The van der Waals surface area contributed by atoms with Crippen molar-refractivity contribution in [3.05, 3.63) is 0 Å². The van der Waals surface area contributed by atoms with Gasteiger partial charge in [-0.3, -0.25) is 4.79 Å². The number of amides is 3. The molecule has 1 saturated carbocycles. The molecule has 0 aromatic carbocycles. The standard InChI is InChI=1S/C21H36N4O8S/c1-4-16(11-25-18(15-5-6-15)23-20(27)33-25)22-19(26)17(34(29,30)13-14(2)3)12-32-21(28)24-7-9-31-10-8-24/h14-18H,4-13H2,1-3H3,(H,22,26)(H,23,27). The Bertz CT molecular complexity index is 842. The average Bonchev–Trinajstić information content (AvgIpc) is 3.55. The molecule has 3 aliphatic rings. The van der Waals surface area contributed by atoms with Crippen molar-refractivity contribution < 1.29 is 37.1 Å². The second-order valence-corrected chi connectivity index (χ2v) is 11.6. The summed E-state index contributed by atoms with van der Waals surface area (Å²) in [6, 6.07) is -0.465. The predicted molar refractivity (Wildman–Crippen MR) is 121 cm³/mol. The fourth-order valence-electron chi connectivity index (χ4n) is 3.99. The first kappa shape index (κ1) is 26.5. The lowest BCUT2D eigenvalue weighted by Gasteiger charge is -2.28. The molecular weight excluding hydrogens is 468 g/mol. The lowest BCUT2D eigenvalue weighted by atomic mass is 10.2. The van der Waals surface area contributed by atoms with Crippen molar-refractivity contribution in [3.8, 4) is 0 Å². The molecule has 34 heavy (non-hydrogen) atoms. The Morgan fingerprint density at radius 1 is 1.24 bits per heavy atom. The summed E-state index contributed by atoms with van der Waals surface area (Å²) in [5, 5.41) is 5.52. The van der Waals surface area contributed by atoms with Gasteiger partial charge in [-0.15, -0.1) is 5.06 Å². The molecule has 1 aliphatic carbocycles. The first-order valence-electron chi connectivity index (χ1n) is 11.9. The number of carbonyl (C=O) groups excluding carboxylic acids is 3. The van der Waals surface area contributed by atoms with Gasteiger partial charge in [0.15, 0.2) is 15.1 Å². The van der Waals surface area contributed by atoms with E-state index in [1.807, 2.05) is 6.92 Å². The summed E-state index contributed by atoms with van der Waals surface area (Å²) in [7, 11) is -3.90. The maximum Gasteiger partial charge on any atom is 0.427 e. The zero-order valence-corrected chi connectivity index (χ0v) is 20.8. The summed E-state index contributed by atoms with van der Waals surface area (Å²) in [6.45, 7) is 6.42. The summed E-state index contributed by atoms with van der Waals surface area (Å²) >= 11 is 0. The van der Waals surface area contributed by atoms with E-state index in [4.69, 9.17) is 14.3 Å². The monoisotopic (exact) mass is 504 g/mol. The van der Waals surface area contributed by atoms with Crippen molar-refractivity contribution in [2.75, 3.05) is 45.2 Å². The highest BCUT2D eigenvalue weighted by atomic mass is 32.2. The highest BCUT2D eigenvalue weighted by Gasteiger charge is 2.44. The molecule has 0 aromatic rings. The fourth-order valence-corrected chi connectivity index (χ4v) is 5.82. The van der Waals surface area contributed by atoms with Gasteiger partial charge in [-0.05, 0) is 31.1 Å². The summed E-state index contributed by atoms with van der Waals surface area (Å²) in [5.41, 5.74) is 0. The minimum absolute atomic E-state index is 0.202. The largest absolute Gasteiger partial charge is 0.447 e. The van der Waals surface area contributed by atoms with Crippen LogP contribution in [-0.4, -0.2) is 99.1 Å². The van der Waals surface area contributed by atoms with E-state index in [1.54, 1.807) is 13.8 Å². The van der Waals surface area contributed by atoms with Gasteiger partial charge in [0.25, 0.3) is 0 Å². The van der Waals surface area contributed by atoms with Gasteiger partial charge in [-0.2, -0.15) is 0 Å². The van der Waals surface area contributed by atoms with Gasteiger partial charge in [0.05, 0.1) is 25.5 Å². The van der Waals surface area contributed by atoms with Crippen molar-refractivity contribution in [3.63, 3.8) is 0 Å². The number of hydrogen-bond acceptors (Lipinski definition) is 9. The second kappa shape index (κ2) is 11.5. The van der Waals surface area contributed by atoms with Crippen LogP contribution in [0.25, 0.3) is 0 Å². The number of hydrogen-bond donors (Lipinski definition) is 2. The first-order valence-corrected chi connectivity index (χ1v) is 13.6.